The number of halogens is 1. The van der Waals surface area contributed by atoms with Gasteiger partial charge in [-0.2, -0.15) is 4.31 Å². The first-order chi connectivity index (χ1) is 14.2. The van der Waals surface area contributed by atoms with Gasteiger partial charge in [0.2, 0.25) is 10.0 Å². The van der Waals surface area contributed by atoms with Gasteiger partial charge in [0.25, 0.3) is 5.91 Å². The van der Waals surface area contributed by atoms with Crippen molar-refractivity contribution in [3.8, 4) is 5.75 Å². The highest BCUT2D eigenvalue weighted by Crippen LogP contribution is 2.23. The molecule has 0 aromatic heterocycles. The molecule has 0 bridgehead atoms. The van der Waals surface area contributed by atoms with Gasteiger partial charge in [-0.3, -0.25) is 4.79 Å². The fourth-order valence-corrected chi connectivity index (χ4v) is 4.98. The Kier molecular flexibility index (Phi) is 6.77. The van der Waals surface area contributed by atoms with Crippen LogP contribution in [0, 0.1) is 12.7 Å². The second-order valence-corrected chi connectivity index (χ2v) is 9.64. The lowest BCUT2D eigenvalue weighted by Crippen LogP contribution is -2.51. The van der Waals surface area contributed by atoms with Crippen LogP contribution in [0.4, 0.5) is 4.39 Å². The van der Waals surface area contributed by atoms with E-state index in [-0.39, 0.29) is 43.6 Å². The molecule has 2 aromatic rings. The zero-order chi connectivity index (χ0) is 21.9. The number of benzene rings is 2. The van der Waals surface area contributed by atoms with Crippen LogP contribution in [0.1, 0.15) is 30.9 Å². The maximum Gasteiger partial charge on any atom is 0.260 e. The fourth-order valence-electron chi connectivity index (χ4n) is 3.56. The number of aryl methyl sites for hydroxylation is 1. The Morgan fingerprint density at radius 3 is 2.27 bits per heavy atom. The van der Waals surface area contributed by atoms with Crippen LogP contribution >= 0.6 is 0 Å². The van der Waals surface area contributed by atoms with Gasteiger partial charge in [-0.25, -0.2) is 12.8 Å². The van der Waals surface area contributed by atoms with E-state index in [9.17, 15) is 17.6 Å². The van der Waals surface area contributed by atoms with Gasteiger partial charge in [-0.15, -0.1) is 0 Å². The number of sulfonamides is 1. The summed E-state index contributed by atoms with van der Waals surface area (Å²) in [4.78, 5) is 14.1. The molecule has 0 spiro atoms. The van der Waals surface area contributed by atoms with Gasteiger partial charge in [-0.1, -0.05) is 19.9 Å². The molecule has 3 rings (SSSR count). The third-order valence-electron chi connectivity index (χ3n) is 5.27. The number of carbonyl (C=O) groups excluding carboxylic acids is 1. The standard InChI is InChI=1S/C22H27FN2O4S/c1-16(2)21-9-6-19(14-17(21)3)29-15-22(26)24-10-12-25(13-11-24)30(27,28)20-7-4-18(23)5-8-20/h4-9,14,16H,10-13,15H2,1-3H3. The molecule has 1 amide bonds. The summed E-state index contributed by atoms with van der Waals surface area (Å²) in [6.45, 7) is 7.13. The van der Waals surface area contributed by atoms with E-state index in [4.69, 9.17) is 4.74 Å². The summed E-state index contributed by atoms with van der Waals surface area (Å²) in [5.41, 5.74) is 2.36. The Hall–Kier alpha value is -2.45. The molecule has 0 atom stereocenters. The number of rotatable bonds is 6. The van der Waals surface area contributed by atoms with Crippen LogP contribution in [0.3, 0.4) is 0 Å². The van der Waals surface area contributed by atoms with Crippen LogP contribution < -0.4 is 4.74 Å². The van der Waals surface area contributed by atoms with Gasteiger partial charge in [0, 0.05) is 26.2 Å². The summed E-state index contributed by atoms with van der Waals surface area (Å²) >= 11 is 0. The summed E-state index contributed by atoms with van der Waals surface area (Å²) in [7, 11) is -3.70. The quantitative estimate of drug-likeness (QED) is 0.701. The van der Waals surface area contributed by atoms with Gasteiger partial charge in [0.15, 0.2) is 6.61 Å². The van der Waals surface area contributed by atoms with Crippen LogP contribution in [-0.4, -0.2) is 56.3 Å². The molecule has 0 unspecified atom stereocenters. The van der Waals surface area contributed by atoms with Gasteiger partial charge in [-0.05, 0) is 60.4 Å². The highest BCUT2D eigenvalue weighted by atomic mass is 32.2. The minimum Gasteiger partial charge on any atom is -0.484 e. The molecule has 2 aromatic carbocycles. The SMILES string of the molecule is Cc1cc(OCC(=O)N2CCN(S(=O)(=O)c3ccc(F)cc3)CC2)ccc1C(C)C. The van der Waals surface area contributed by atoms with E-state index < -0.39 is 15.8 Å². The first-order valence-corrected chi connectivity index (χ1v) is 11.4. The Labute approximate surface area is 177 Å². The Morgan fingerprint density at radius 1 is 1.07 bits per heavy atom. The number of hydrogen-bond acceptors (Lipinski definition) is 4. The van der Waals surface area contributed by atoms with Crippen molar-refractivity contribution in [3.63, 3.8) is 0 Å². The van der Waals surface area contributed by atoms with Crippen LogP contribution in [0.2, 0.25) is 0 Å². The molecule has 1 aliphatic heterocycles. The van der Waals surface area contributed by atoms with E-state index in [0.29, 0.717) is 11.7 Å². The number of amides is 1. The number of hydrogen-bond donors (Lipinski definition) is 0. The first-order valence-electron chi connectivity index (χ1n) is 9.95. The van der Waals surface area contributed by atoms with E-state index in [2.05, 4.69) is 13.8 Å². The predicted molar refractivity (Wildman–Crippen MR) is 113 cm³/mol. The molecular weight excluding hydrogens is 407 g/mol. The topological polar surface area (TPSA) is 66.9 Å². The van der Waals surface area contributed by atoms with E-state index in [1.54, 1.807) is 4.90 Å². The molecule has 1 heterocycles. The Balaban J connectivity index is 1.54. The van der Waals surface area contributed by atoms with Crippen LogP contribution in [0.15, 0.2) is 47.4 Å². The largest absolute Gasteiger partial charge is 0.484 e. The van der Waals surface area contributed by atoms with E-state index in [1.807, 2.05) is 25.1 Å². The fraction of sp³-hybridized carbons (Fsp3) is 0.409. The van der Waals surface area contributed by atoms with Crippen molar-refractivity contribution in [1.29, 1.82) is 0 Å². The third-order valence-corrected chi connectivity index (χ3v) is 7.18. The van der Waals surface area contributed by atoms with E-state index >= 15 is 0 Å². The Morgan fingerprint density at radius 2 is 1.70 bits per heavy atom. The molecule has 1 saturated heterocycles. The van der Waals surface area contributed by atoms with Gasteiger partial charge < -0.3 is 9.64 Å². The summed E-state index contributed by atoms with van der Waals surface area (Å²) in [6.07, 6.45) is 0. The first kappa shape index (κ1) is 22.2. The van der Waals surface area contributed by atoms with Crippen molar-refractivity contribution in [3.05, 3.63) is 59.4 Å². The minimum atomic E-state index is -3.70. The van der Waals surface area contributed by atoms with E-state index in [1.165, 1.54) is 22.0 Å². The monoisotopic (exact) mass is 434 g/mol. The molecule has 162 valence electrons. The highest BCUT2D eigenvalue weighted by Gasteiger charge is 2.30. The number of nitrogens with zero attached hydrogens (tertiary/aromatic N) is 2. The lowest BCUT2D eigenvalue weighted by Gasteiger charge is -2.34. The van der Waals surface area contributed by atoms with E-state index in [0.717, 1.165) is 17.7 Å². The van der Waals surface area contributed by atoms with Crippen molar-refractivity contribution < 1.29 is 22.3 Å². The number of carbonyl (C=O) groups is 1. The average Bonchev–Trinajstić information content (AvgIpc) is 2.72. The predicted octanol–water partition coefficient (Wildman–Crippen LogP) is 3.17. The summed E-state index contributed by atoms with van der Waals surface area (Å²) in [6, 6.07) is 10.6. The van der Waals surface area contributed by atoms with Crippen molar-refractivity contribution >= 4 is 15.9 Å². The maximum atomic E-state index is 13.1. The second kappa shape index (κ2) is 9.14. The molecule has 30 heavy (non-hydrogen) atoms. The minimum absolute atomic E-state index is 0.0484. The van der Waals surface area contributed by atoms with Crippen LogP contribution in [0.25, 0.3) is 0 Å². The third kappa shape index (κ3) is 4.99. The smallest absolute Gasteiger partial charge is 0.260 e. The zero-order valence-corrected chi connectivity index (χ0v) is 18.3. The average molecular weight is 435 g/mol. The van der Waals surface area contributed by atoms with Gasteiger partial charge in [0.05, 0.1) is 4.90 Å². The van der Waals surface area contributed by atoms with Gasteiger partial charge in [0.1, 0.15) is 11.6 Å². The highest BCUT2D eigenvalue weighted by molar-refractivity contribution is 7.89. The second-order valence-electron chi connectivity index (χ2n) is 7.70. The normalized spacial score (nSPS) is 15.4. The molecule has 1 aliphatic rings. The molecule has 1 fully saturated rings. The maximum absolute atomic E-state index is 13.1. The molecule has 8 heteroatoms. The number of piperazine rings is 1. The Bertz CT molecular complexity index is 998. The van der Waals surface area contributed by atoms with Crippen molar-refractivity contribution in [1.82, 2.24) is 9.21 Å². The van der Waals surface area contributed by atoms with Gasteiger partial charge >= 0.3 is 0 Å². The lowest BCUT2D eigenvalue weighted by atomic mass is 9.98. The van der Waals surface area contributed by atoms with Crippen molar-refractivity contribution in [2.24, 2.45) is 0 Å². The summed E-state index contributed by atoms with van der Waals surface area (Å²) in [5.74, 6) is 0.392. The zero-order valence-electron chi connectivity index (χ0n) is 17.5. The number of ether oxygens (including phenoxy) is 1. The molecule has 0 saturated carbocycles. The molecule has 0 N–H and O–H groups in total. The lowest BCUT2D eigenvalue weighted by molar-refractivity contribution is -0.134. The summed E-state index contributed by atoms with van der Waals surface area (Å²) in [5, 5.41) is 0. The van der Waals surface area contributed by atoms with Crippen LogP contribution in [0.5, 0.6) is 5.75 Å². The van der Waals surface area contributed by atoms with Crippen LogP contribution in [-0.2, 0) is 14.8 Å². The molecular formula is C22H27FN2O4S. The molecule has 0 radical (unpaired) electrons. The molecule has 0 aliphatic carbocycles. The molecule has 6 nitrogen and oxygen atoms in total. The van der Waals surface area contributed by atoms with Crippen molar-refractivity contribution in [2.45, 2.75) is 31.6 Å². The summed E-state index contributed by atoms with van der Waals surface area (Å²) < 4.78 is 45.4. The van der Waals surface area contributed by atoms with Crippen molar-refractivity contribution in [2.75, 3.05) is 32.8 Å².